The molecule has 0 bridgehead atoms. The van der Waals surface area contributed by atoms with Crippen molar-refractivity contribution < 1.29 is 9.59 Å². The average Bonchev–Trinajstić information content (AvgIpc) is 2.26. The molecular weight excluding hydrogens is 180 g/mol. The van der Waals surface area contributed by atoms with Gasteiger partial charge in [-0.1, -0.05) is 0 Å². The molecule has 4 nitrogen and oxygen atoms in total. The SMILES string of the molecule is CN(CCc1ccncc1)C(=O)C=O. The van der Waals surface area contributed by atoms with E-state index in [1.807, 2.05) is 12.1 Å². The van der Waals surface area contributed by atoms with E-state index in [4.69, 9.17) is 0 Å². The number of aldehydes is 1. The van der Waals surface area contributed by atoms with E-state index in [1.165, 1.54) is 4.90 Å². The van der Waals surface area contributed by atoms with Crippen LogP contribution in [0.4, 0.5) is 0 Å². The van der Waals surface area contributed by atoms with Crippen molar-refractivity contribution in [3.8, 4) is 0 Å². The molecule has 0 aromatic carbocycles. The van der Waals surface area contributed by atoms with Gasteiger partial charge in [-0.25, -0.2) is 0 Å². The second-order valence-corrected chi connectivity index (χ2v) is 2.98. The average molecular weight is 192 g/mol. The normalized spacial score (nSPS) is 9.50. The van der Waals surface area contributed by atoms with Gasteiger partial charge in [0, 0.05) is 26.0 Å². The van der Waals surface area contributed by atoms with Gasteiger partial charge in [-0.2, -0.15) is 0 Å². The van der Waals surface area contributed by atoms with Crippen LogP contribution < -0.4 is 0 Å². The summed E-state index contributed by atoms with van der Waals surface area (Å²) in [5.74, 6) is -0.487. The number of aromatic nitrogens is 1. The van der Waals surface area contributed by atoms with E-state index in [1.54, 1.807) is 19.4 Å². The maximum atomic E-state index is 10.9. The van der Waals surface area contributed by atoms with E-state index in [-0.39, 0.29) is 0 Å². The topological polar surface area (TPSA) is 50.3 Å². The summed E-state index contributed by atoms with van der Waals surface area (Å²) < 4.78 is 0. The zero-order valence-corrected chi connectivity index (χ0v) is 8.01. The van der Waals surface area contributed by atoms with Crippen LogP contribution in [0.5, 0.6) is 0 Å². The number of carbonyl (C=O) groups excluding carboxylic acids is 2. The molecule has 0 N–H and O–H groups in total. The van der Waals surface area contributed by atoms with Gasteiger partial charge in [-0.05, 0) is 24.1 Å². The molecule has 74 valence electrons. The number of pyridine rings is 1. The molecule has 14 heavy (non-hydrogen) atoms. The molecule has 0 saturated heterocycles. The van der Waals surface area contributed by atoms with E-state index >= 15 is 0 Å². The predicted octanol–water partition coefficient (Wildman–Crippen LogP) is 0.281. The summed E-state index contributed by atoms with van der Waals surface area (Å²) in [6, 6.07) is 3.78. The molecule has 0 fully saturated rings. The van der Waals surface area contributed by atoms with Crippen LogP contribution in [0.15, 0.2) is 24.5 Å². The van der Waals surface area contributed by atoms with Crippen LogP contribution in [0, 0.1) is 0 Å². The van der Waals surface area contributed by atoms with Crippen LogP contribution in [0.25, 0.3) is 0 Å². The second kappa shape index (κ2) is 5.11. The highest BCUT2D eigenvalue weighted by molar-refractivity contribution is 6.23. The highest BCUT2D eigenvalue weighted by atomic mass is 16.2. The van der Waals surface area contributed by atoms with Gasteiger partial charge in [0.1, 0.15) is 0 Å². The second-order valence-electron chi connectivity index (χ2n) is 2.98. The monoisotopic (exact) mass is 192 g/mol. The third-order valence-electron chi connectivity index (χ3n) is 1.96. The Morgan fingerprint density at radius 2 is 2.14 bits per heavy atom. The molecule has 0 atom stereocenters. The van der Waals surface area contributed by atoms with Gasteiger partial charge < -0.3 is 4.90 Å². The summed E-state index contributed by atoms with van der Waals surface area (Å²) in [7, 11) is 1.61. The minimum atomic E-state index is -0.487. The van der Waals surface area contributed by atoms with Gasteiger partial charge in [0.25, 0.3) is 5.91 Å². The third kappa shape index (κ3) is 2.97. The molecule has 0 spiro atoms. The van der Waals surface area contributed by atoms with Crippen molar-refractivity contribution in [1.29, 1.82) is 0 Å². The number of hydrogen-bond acceptors (Lipinski definition) is 3. The number of likely N-dealkylation sites (N-methyl/N-ethyl adjacent to an activating group) is 1. The van der Waals surface area contributed by atoms with Crippen molar-refractivity contribution in [2.75, 3.05) is 13.6 Å². The van der Waals surface area contributed by atoms with Gasteiger partial charge in [0.15, 0.2) is 0 Å². The molecule has 1 heterocycles. The molecule has 0 saturated carbocycles. The van der Waals surface area contributed by atoms with Crippen molar-refractivity contribution in [3.05, 3.63) is 30.1 Å². The fourth-order valence-electron chi connectivity index (χ4n) is 1.05. The van der Waals surface area contributed by atoms with Crippen LogP contribution in [0.1, 0.15) is 5.56 Å². The predicted molar refractivity (Wildman–Crippen MR) is 51.6 cm³/mol. The molecule has 1 aromatic rings. The lowest BCUT2D eigenvalue weighted by Gasteiger charge is -2.13. The van der Waals surface area contributed by atoms with E-state index in [0.717, 1.165) is 12.0 Å². The Hall–Kier alpha value is -1.71. The highest BCUT2D eigenvalue weighted by Gasteiger charge is 2.05. The Labute approximate surface area is 82.6 Å². The van der Waals surface area contributed by atoms with E-state index in [9.17, 15) is 9.59 Å². The summed E-state index contributed by atoms with van der Waals surface area (Å²) in [6.45, 7) is 0.543. The number of rotatable bonds is 4. The zero-order chi connectivity index (χ0) is 10.4. The molecule has 1 aromatic heterocycles. The van der Waals surface area contributed by atoms with Crippen molar-refractivity contribution >= 4 is 12.2 Å². The van der Waals surface area contributed by atoms with Crippen molar-refractivity contribution in [1.82, 2.24) is 9.88 Å². The van der Waals surface area contributed by atoms with Crippen LogP contribution in [0.3, 0.4) is 0 Å². The van der Waals surface area contributed by atoms with Crippen LogP contribution in [-0.2, 0) is 16.0 Å². The molecule has 1 rings (SSSR count). The summed E-state index contributed by atoms with van der Waals surface area (Å²) >= 11 is 0. The largest absolute Gasteiger partial charge is 0.339 e. The maximum absolute atomic E-state index is 10.9. The van der Waals surface area contributed by atoms with Gasteiger partial charge in [0.2, 0.25) is 6.29 Å². The Balaban J connectivity index is 2.41. The summed E-state index contributed by atoms with van der Waals surface area (Å²) in [4.78, 5) is 26.3. The van der Waals surface area contributed by atoms with Gasteiger partial charge in [-0.3, -0.25) is 14.6 Å². The Kier molecular flexibility index (Phi) is 3.79. The molecular formula is C10H12N2O2. The fraction of sp³-hybridized carbons (Fsp3) is 0.300. The number of nitrogens with zero attached hydrogens (tertiary/aromatic N) is 2. The lowest BCUT2D eigenvalue weighted by atomic mass is 10.2. The lowest BCUT2D eigenvalue weighted by Crippen LogP contribution is -2.29. The van der Waals surface area contributed by atoms with E-state index in [2.05, 4.69) is 4.98 Å². The first kappa shape index (κ1) is 10.4. The molecule has 0 radical (unpaired) electrons. The Morgan fingerprint density at radius 3 is 2.71 bits per heavy atom. The molecule has 0 aliphatic carbocycles. The van der Waals surface area contributed by atoms with Crippen LogP contribution in [0.2, 0.25) is 0 Å². The van der Waals surface area contributed by atoms with E-state index in [0.29, 0.717) is 12.8 Å². The maximum Gasteiger partial charge on any atom is 0.286 e. The molecule has 0 unspecified atom stereocenters. The number of amides is 1. The minimum Gasteiger partial charge on any atom is -0.339 e. The van der Waals surface area contributed by atoms with Crippen molar-refractivity contribution in [2.45, 2.75) is 6.42 Å². The first-order chi connectivity index (χ1) is 6.74. The van der Waals surface area contributed by atoms with E-state index < -0.39 is 5.91 Å². The highest BCUT2D eigenvalue weighted by Crippen LogP contribution is 1.98. The van der Waals surface area contributed by atoms with Gasteiger partial charge in [-0.15, -0.1) is 0 Å². The molecule has 1 amide bonds. The Morgan fingerprint density at radius 1 is 1.50 bits per heavy atom. The fourth-order valence-corrected chi connectivity index (χ4v) is 1.05. The molecule has 0 aliphatic rings. The molecule has 4 heteroatoms. The summed E-state index contributed by atoms with van der Waals surface area (Å²) in [6.07, 6.45) is 4.47. The standard InChI is InChI=1S/C10H12N2O2/c1-12(10(14)8-13)7-4-9-2-5-11-6-3-9/h2-3,5-6,8H,4,7H2,1H3. The van der Waals surface area contributed by atoms with Crippen molar-refractivity contribution in [2.24, 2.45) is 0 Å². The first-order valence-electron chi connectivity index (χ1n) is 4.33. The summed E-state index contributed by atoms with van der Waals surface area (Å²) in [5, 5.41) is 0. The third-order valence-corrected chi connectivity index (χ3v) is 1.96. The first-order valence-corrected chi connectivity index (χ1v) is 4.33. The lowest BCUT2D eigenvalue weighted by molar-refractivity contribution is -0.137. The van der Waals surface area contributed by atoms with Gasteiger partial charge in [0.05, 0.1) is 0 Å². The number of carbonyl (C=O) groups is 2. The summed E-state index contributed by atoms with van der Waals surface area (Å²) in [5.41, 5.74) is 1.10. The quantitative estimate of drug-likeness (QED) is 0.508. The van der Waals surface area contributed by atoms with Crippen molar-refractivity contribution in [3.63, 3.8) is 0 Å². The minimum absolute atomic E-state index is 0.326. The molecule has 0 aliphatic heterocycles. The smallest absolute Gasteiger partial charge is 0.286 e. The zero-order valence-electron chi connectivity index (χ0n) is 8.01. The Bertz CT molecular complexity index is 311. The van der Waals surface area contributed by atoms with Crippen LogP contribution in [-0.4, -0.2) is 35.7 Å². The number of hydrogen-bond donors (Lipinski definition) is 0. The van der Waals surface area contributed by atoms with Crippen LogP contribution >= 0.6 is 0 Å². The van der Waals surface area contributed by atoms with Gasteiger partial charge >= 0.3 is 0 Å².